The van der Waals surface area contributed by atoms with E-state index in [-0.39, 0.29) is 0 Å². The topological polar surface area (TPSA) is 26.3 Å². The lowest BCUT2D eigenvalue weighted by molar-refractivity contribution is 0.629. The van der Waals surface area contributed by atoms with E-state index in [1.807, 2.05) is 48.5 Å². The Morgan fingerprint density at radius 1 is 0.538 bits per heavy atom. The lowest BCUT2D eigenvalue weighted by Gasteiger charge is -2.07. The first-order chi connectivity index (χ1) is 12.7. The van der Waals surface area contributed by atoms with Crippen LogP contribution in [-0.2, 0) is 0 Å². The van der Waals surface area contributed by atoms with Gasteiger partial charge in [-0.25, -0.2) is 0 Å². The Morgan fingerprint density at radius 2 is 0.962 bits per heavy atom. The van der Waals surface area contributed by atoms with Crippen LogP contribution in [0.1, 0.15) is 0 Å². The third-order valence-electron chi connectivity index (χ3n) is 4.44. The van der Waals surface area contributed by atoms with Crippen molar-refractivity contribution in [2.24, 2.45) is 0 Å². The van der Waals surface area contributed by atoms with E-state index < -0.39 is 0 Å². The highest BCUT2D eigenvalue weighted by Gasteiger charge is 2.16. The van der Waals surface area contributed by atoms with Crippen LogP contribution in [0.4, 0.5) is 0 Å². The molecule has 5 aromatic rings. The van der Waals surface area contributed by atoms with Gasteiger partial charge in [0.1, 0.15) is 22.7 Å². The van der Waals surface area contributed by atoms with Crippen LogP contribution in [0.2, 0.25) is 0 Å². The monoisotopic (exact) mass is 466 g/mol. The van der Waals surface area contributed by atoms with Gasteiger partial charge in [0.2, 0.25) is 0 Å². The summed E-state index contributed by atoms with van der Waals surface area (Å²) in [6.45, 7) is 0. The van der Waals surface area contributed by atoms with E-state index in [4.69, 9.17) is 8.83 Å². The maximum atomic E-state index is 6.01. The zero-order chi connectivity index (χ0) is 17.7. The second kappa shape index (κ2) is 6.15. The van der Waals surface area contributed by atoms with Crippen LogP contribution in [-0.4, -0.2) is 0 Å². The van der Waals surface area contributed by atoms with Crippen molar-refractivity contribution in [2.75, 3.05) is 0 Å². The zero-order valence-electron chi connectivity index (χ0n) is 13.5. The van der Waals surface area contributed by atoms with Crippen LogP contribution in [0.5, 0.6) is 0 Å². The number of hydrogen-bond acceptors (Lipinski definition) is 2. The molecule has 0 N–H and O–H groups in total. The maximum absolute atomic E-state index is 6.01. The predicted octanol–water partition coefficient (Wildman–Crippen LogP) is 8.04. The van der Waals surface area contributed by atoms with E-state index >= 15 is 0 Å². The van der Waals surface area contributed by atoms with Crippen molar-refractivity contribution in [3.8, 4) is 22.6 Å². The summed E-state index contributed by atoms with van der Waals surface area (Å²) < 4.78 is 13.9. The van der Waals surface area contributed by atoms with Crippen molar-refractivity contribution in [3.05, 3.63) is 81.7 Å². The number of rotatable bonds is 2. The van der Waals surface area contributed by atoms with Crippen molar-refractivity contribution in [1.29, 1.82) is 0 Å². The summed E-state index contributed by atoms with van der Waals surface area (Å²) in [6, 6.07) is 24.3. The van der Waals surface area contributed by atoms with Crippen LogP contribution in [0, 0.1) is 0 Å². The second-order valence-corrected chi connectivity index (χ2v) is 7.82. The van der Waals surface area contributed by atoms with E-state index in [0.717, 1.165) is 53.5 Å². The van der Waals surface area contributed by atoms with Crippen LogP contribution >= 0.6 is 31.9 Å². The largest absolute Gasteiger partial charge is 0.456 e. The second-order valence-electron chi connectivity index (χ2n) is 6.11. The van der Waals surface area contributed by atoms with Gasteiger partial charge in [-0.15, -0.1) is 0 Å². The van der Waals surface area contributed by atoms with E-state index in [0.29, 0.717) is 0 Å². The Morgan fingerprint density at radius 3 is 1.38 bits per heavy atom. The average molecular weight is 468 g/mol. The van der Waals surface area contributed by atoms with Crippen LogP contribution in [0.3, 0.4) is 0 Å². The van der Waals surface area contributed by atoms with Crippen molar-refractivity contribution >= 4 is 53.8 Å². The molecule has 0 aliphatic rings. The molecule has 0 atom stereocenters. The fourth-order valence-corrected chi connectivity index (χ4v) is 4.23. The summed E-state index contributed by atoms with van der Waals surface area (Å²) in [5.74, 6) is 1.66. The SMILES string of the molecule is Brc1cc(-c2cc3ccccc3o2)c(Br)cc1-c1cc2ccccc2o1. The van der Waals surface area contributed by atoms with Gasteiger partial charge in [-0.3, -0.25) is 0 Å². The highest BCUT2D eigenvalue weighted by molar-refractivity contribution is 9.11. The fraction of sp³-hybridized carbons (Fsp3) is 0. The smallest absolute Gasteiger partial charge is 0.136 e. The lowest BCUT2D eigenvalue weighted by atomic mass is 10.1. The van der Waals surface area contributed by atoms with Gasteiger partial charge in [0.15, 0.2) is 0 Å². The zero-order valence-corrected chi connectivity index (χ0v) is 16.7. The van der Waals surface area contributed by atoms with E-state index in [1.54, 1.807) is 0 Å². The van der Waals surface area contributed by atoms with Crippen LogP contribution in [0.25, 0.3) is 44.6 Å². The molecule has 0 radical (unpaired) electrons. The summed E-state index contributed by atoms with van der Waals surface area (Å²) in [5.41, 5.74) is 3.75. The molecule has 0 saturated carbocycles. The molecule has 126 valence electrons. The summed E-state index contributed by atoms with van der Waals surface area (Å²) in [5, 5.41) is 2.18. The predicted molar refractivity (Wildman–Crippen MR) is 112 cm³/mol. The number of para-hydroxylation sites is 2. The quantitative estimate of drug-likeness (QED) is 0.262. The van der Waals surface area contributed by atoms with Crippen LogP contribution < -0.4 is 0 Å². The molecule has 0 bridgehead atoms. The normalized spacial score (nSPS) is 11.5. The lowest BCUT2D eigenvalue weighted by Crippen LogP contribution is -1.83. The van der Waals surface area contributed by atoms with Crippen molar-refractivity contribution in [1.82, 2.24) is 0 Å². The molecular weight excluding hydrogens is 456 g/mol. The maximum Gasteiger partial charge on any atom is 0.136 e. The summed E-state index contributed by atoms with van der Waals surface area (Å²) >= 11 is 7.39. The Bertz CT molecular complexity index is 1100. The molecular formula is C22H12Br2O2. The van der Waals surface area contributed by atoms with Gasteiger partial charge >= 0.3 is 0 Å². The molecule has 0 aliphatic carbocycles. The summed E-state index contributed by atoms with van der Waals surface area (Å²) in [6.07, 6.45) is 0. The Kier molecular flexibility index (Phi) is 3.76. The minimum absolute atomic E-state index is 0.829. The number of halogens is 2. The van der Waals surface area contributed by atoms with Gasteiger partial charge in [-0.2, -0.15) is 0 Å². The first-order valence-electron chi connectivity index (χ1n) is 8.16. The first-order valence-corrected chi connectivity index (χ1v) is 9.74. The Labute approximate surface area is 166 Å². The standard InChI is InChI=1S/C22H12Br2O2/c23-17-12-16(22-10-14-6-2-4-8-20(14)26-22)18(24)11-15(17)21-9-13-5-1-3-7-19(13)25-21/h1-12H. The molecule has 0 saturated heterocycles. The molecule has 0 aliphatic heterocycles. The molecule has 4 heteroatoms. The molecule has 0 amide bonds. The Balaban J connectivity index is 1.64. The number of benzene rings is 3. The van der Waals surface area contributed by atoms with E-state index in [1.165, 1.54) is 0 Å². The first kappa shape index (κ1) is 15.9. The molecule has 3 aromatic carbocycles. The molecule has 0 unspecified atom stereocenters. The average Bonchev–Trinajstić information content (AvgIpc) is 3.26. The van der Waals surface area contributed by atoms with Crippen molar-refractivity contribution in [2.45, 2.75) is 0 Å². The minimum Gasteiger partial charge on any atom is -0.456 e. The highest BCUT2D eigenvalue weighted by atomic mass is 79.9. The minimum atomic E-state index is 0.829. The molecule has 2 heterocycles. The molecule has 0 fully saturated rings. The van der Waals surface area contributed by atoms with Gasteiger partial charge in [0.05, 0.1) is 0 Å². The van der Waals surface area contributed by atoms with Gasteiger partial charge in [-0.1, -0.05) is 68.3 Å². The number of fused-ring (bicyclic) bond motifs is 2. The molecule has 0 spiro atoms. The molecule has 26 heavy (non-hydrogen) atoms. The third-order valence-corrected chi connectivity index (χ3v) is 5.75. The molecule has 2 nitrogen and oxygen atoms in total. The Hall–Kier alpha value is -2.30. The summed E-state index contributed by atoms with van der Waals surface area (Å²) in [4.78, 5) is 0. The van der Waals surface area contributed by atoms with Crippen LogP contribution in [0.15, 0.2) is 90.6 Å². The van der Waals surface area contributed by atoms with Crippen molar-refractivity contribution in [3.63, 3.8) is 0 Å². The number of hydrogen-bond donors (Lipinski definition) is 0. The van der Waals surface area contributed by atoms with Gasteiger partial charge in [0, 0.05) is 30.8 Å². The van der Waals surface area contributed by atoms with Crippen molar-refractivity contribution < 1.29 is 8.83 Å². The summed E-state index contributed by atoms with van der Waals surface area (Å²) in [7, 11) is 0. The van der Waals surface area contributed by atoms with Gasteiger partial charge in [0.25, 0.3) is 0 Å². The van der Waals surface area contributed by atoms with Gasteiger partial charge in [-0.05, 0) is 36.4 Å². The third kappa shape index (κ3) is 2.61. The molecule has 5 rings (SSSR count). The fourth-order valence-electron chi connectivity index (χ4n) is 3.15. The molecule has 2 aromatic heterocycles. The van der Waals surface area contributed by atoms with E-state index in [9.17, 15) is 0 Å². The highest BCUT2D eigenvalue weighted by Crippen LogP contribution is 2.40. The van der Waals surface area contributed by atoms with E-state index in [2.05, 4.69) is 56.1 Å². The van der Waals surface area contributed by atoms with Gasteiger partial charge < -0.3 is 8.83 Å². The number of furan rings is 2.